The van der Waals surface area contributed by atoms with Gasteiger partial charge in [0.2, 0.25) is 10.0 Å². The van der Waals surface area contributed by atoms with E-state index in [9.17, 15) is 18.0 Å². The molecular formula is C26H23BrN2O6S. The van der Waals surface area contributed by atoms with Crippen LogP contribution in [-0.2, 0) is 29.1 Å². The van der Waals surface area contributed by atoms with Crippen LogP contribution in [0.3, 0.4) is 0 Å². The number of esters is 2. The number of carbonyl (C=O) groups excluding carboxylic acids is 2. The van der Waals surface area contributed by atoms with Crippen molar-refractivity contribution in [3.63, 3.8) is 0 Å². The van der Waals surface area contributed by atoms with Crippen molar-refractivity contribution < 1.29 is 27.5 Å². The van der Waals surface area contributed by atoms with Crippen molar-refractivity contribution in [1.29, 1.82) is 0 Å². The summed E-state index contributed by atoms with van der Waals surface area (Å²) in [4.78, 5) is 31.3. The lowest BCUT2D eigenvalue weighted by Crippen LogP contribution is -2.78. The quantitative estimate of drug-likeness (QED) is 0.322. The van der Waals surface area contributed by atoms with E-state index in [1.807, 2.05) is 6.92 Å². The molecule has 0 saturated carbocycles. The van der Waals surface area contributed by atoms with Gasteiger partial charge < -0.3 is 9.47 Å². The number of halogens is 1. The monoisotopic (exact) mass is 570 g/mol. The van der Waals surface area contributed by atoms with Gasteiger partial charge in [0.15, 0.2) is 0 Å². The highest BCUT2D eigenvalue weighted by atomic mass is 79.9. The van der Waals surface area contributed by atoms with Gasteiger partial charge in [-0.05, 0) is 48.9 Å². The minimum Gasteiger partial charge on any atom is -0.467 e. The molecule has 10 heteroatoms. The van der Waals surface area contributed by atoms with Gasteiger partial charge in [-0.15, -0.1) is 0 Å². The number of carbonyl (C=O) groups is 2. The molecule has 0 amide bonds. The predicted molar refractivity (Wildman–Crippen MR) is 137 cm³/mol. The average Bonchev–Trinajstić information content (AvgIpc) is 2.87. The third kappa shape index (κ3) is 4.15. The van der Waals surface area contributed by atoms with Crippen LogP contribution < -0.4 is 0 Å². The Hall–Kier alpha value is -3.34. The summed E-state index contributed by atoms with van der Waals surface area (Å²) < 4.78 is 39.8. The van der Waals surface area contributed by atoms with Crippen LogP contribution in [0.2, 0.25) is 0 Å². The molecule has 1 fully saturated rings. The maximum Gasteiger partial charge on any atom is 0.345 e. The van der Waals surface area contributed by atoms with Crippen LogP contribution in [0.25, 0.3) is 0 Å². The molecule has 1 aliphatic rings. The Morgan fingerprint density at radius 2 is 1.44 bits per heavy atom. The van der Waals surface area contributed by atoms with Gasteiger partial charge in [0.1, 0.15) is 0 Å². The number of sulfonamides is 1. The normalized spacial score (nSPS) is 18.3. The average molecular weight is 571 g/mol. The van der Waals surface area contributed by atoms with E-state index in [0.717, 1.165) is 28.6 Å². The SMILES string of the molecule is COC(=O)C1(C(=O)OC)C(=Nc2ccc(Br)cc2)C(c2ccccc2)N1S(=O)(=O)c1ccc(C)cc1. The maximum atomic E-state index is 14.1. The fourth-order valence-electron chi connectivity index (χ4n) is 4.19. The van der Waals surface area contributed by atoms with Gasteiger partial charge in [0.25, 0.3) is 5.54 Å². The van der Waals surface area contributed by atoms with Crippen molar-refractivity contribution >= 4 is 49.3 Å². The molecule has 1 atom stereocenters. The molecule has 8 nitrogen and oxygen atoms in total. The highest BCUT2D eigenvalue weighted by molar-refractivity contribution is 9.10. The Morgan fingerprint density at radius 3 is 1.97 bits per heavy atom. The Labute approximate surface area is 217 Å². The molecule has 0 spiro atoms. The lowest BCUT2D eigenvalue weighted by atomic mass is 9.75. The molecule has 0 aromatic heterocycles. The van der Waals surface area contributed by atoms with Gasteiger partial charge in [-0.2, -0.15) is 4.31 Å². The van der Waals surface area contributed by atoms with Gasteiger partial charge in [-0.1, -0.05) is 64.0 Å². The zero-order valence-corrected chi connectivity index (χ0v) is 22.1. The maximum absolute atomic E-state index is 14.1. The van der Waals surface area contributed by atoms with Crippen molar-refractivity contribution in [2.45, 2.75) is 23.4 Å². The van der Waals surface area contributed by atoms with E-state index in [1.165, 1.54) is 12.1 Å². The zero-order valence-electron chi connectivity index (χ0n) is 19.7. The number of aliphatic imine (C=N–C) groups is 1. The summed E-state index contributed by atoms with van der Waals surface area (Å²) in [6.07, 6.45) is 0. The number of methoxy groups -OCH3 is 2. The highest BCUT2D eigenvalue weighted by Gasteiger charge is 2.74. The number of hydrogen-bond donors (Lipinski definition) is 0. The molecule has 36 heavy (non-hydrogen) atoms. The highest BCUT2D eigenvalue weighted by Crippen LogP contribution is 2.50. The summed E-state index contributed by atoms with van der Waals surface area (Å²) in [6.45, 7) is 1.82. The van der Waals surface area contributed by atoms with Crippen LogP contribution in [-0.4, -0.2) is 50.1 Å². The van der Waals surface area contributed by atoms with E-state index in [0.29, 0.717) is 11.3 Å². The summed E-state index contributed by atoms with van der Waals surface area (Å²) in [7, 11) is -2.26. The van der Waals surface area contributed by atoms with Gasteiger partial charge in [0.05, 0.1) is 36.6 Å². The lowest BCUT2D eigenvalue weighted by Gasteiger charge is -2.53. The van der Waals surface area contributed by atoms with Crippen LogP contribution in [0, 0.1) is 6.92 Å². The Balaban J connectivity index is 2.04. The minimum atomic E-state index is -4.42. The summed E-state index contributed by atoms with van der Waals surface area (Å²) in [6, 6.07) is 20.6. The van der Waals surface area contributed by atoms with Crippen LogP contribution in [0.5, 0.6) is 0 Å². The number of ether oxygens (including phenoxy) is 2. The van der Waals surface area contributed by atoms with Crippen LogP contribution in [0.4, 0.5) is 5.69 Å². The molecule has 0 radical (unpaired) electrons. The first-order valence-electron chi connectivity index (χ1n) is 10.9. The molecule has 0 aliphatic carbocycles. The number of aryl methyl sites for hydroxylation is 1. The lowest BCUT2D eigenvalue weighted by molar-refractivity contribution is -0.166. The van der Waals surface area contributed by atoms with Crippen LogP contribution in [0.1, 0.15) is 17.2 Å². The van der Waals surface area contributed by atoms with E-state index >= 15 is 0 Å². The van der Waals surface area contributed by atoms with E-state index in [2.05, 4.69) is 20.9 Å². The summed E-state index contributed by atoms with van der Waals surface area (Å²) in [5, 5.41) is 0. The molecule has 1 unspecified atom stereocenters. The summed E-state index contributed by atoms with van der Waals surface area (Å²) in [5.74, 6) is -2.24. The Bertz CT molecular complexity index is 1410. The molecular weight excluding hydrogens is 548 g/mol. The fraction of sp³-hybridized carbons (Fsp3) is 0.192. The second-order valence-electron chi connectivity index (χ2n) is 8.09. The molecule has 1 aliphatic heterocycles. The van der Waals surface area contributed by atoms with Crippen molar-refractivity contribution in [1.82, 2.24) is 4.31 Å². The van der Waals surface area contributed by atoms with E-state index < -0.39 is 33.5 Å². The third-order valence-corrected chi connectivity index (χ3v) is 8.32. The van der Waals surface area contributed by atoms with E-state index in [1.54, 1.807) is 66.7 Å². The summed E-state index contributed by atoms with van der Waals surface area (Å²) >= 11 is 3.36. The molecule has 186 valence electrons. The number of hydrogen-bond acceptors (Lipinski definition) is 7. The first-order chi connectivity index (χ1) is 17.2. The predicted octanol–water partition coefficient (Wildman–Crippen LogP) is 4.36. The van der Waals surface area contributed by atoms with Gasteiger partial charge in [-0.3, -0.25) is 4.99 Å². The molecule has 4 rings (SSSR count). The molecule has 3 aromatic rings. The van der Waals surface area contributed by atoms with E-state index in [4.69, 9.17) is 9.47 Å². The van der Waals surface area contributed by atoms with Crippen molar-refractivity contribution in [3.05, 3.63) is 94.5 Å². The number of benzene rings is 3. The van der Waals surface area contributed by atoms with Crippen molar-refractivity contribution in [2.24, 2.45) is 4.99 Å². The first-order valence-corrected chi connectivity index (χ1v) is 13.1. The Morgan fingerprint density at radius 1 is 0.889 bits per heavy atom. The second-order valence-corrected chi connectivity index (χ2v) is 10.8. The smallest absolute Gasteiger partial charge is 0.345 e. The topological polar surface area (TPSA) is 102 Å². The van der Waals surface area contributed by atoms with Gasteiger partial charge >= 0.3 is 11.9 Å². The Kier molecular flexibility index (Phi) is 7.12. The molecule has 3 aromatic carbocycles. The van der Waals surface area contributed by atoms with Gasteiger partial charge in [0, 0.05) is 4.47 Å². The van der Waals surface area contributed by atoms with Crippen LogP contribution >= 0.6 is 15.9 Å². The standard InChI is InChI=1S/C26H23BrN2O6S/c1-17-9-15-21(16-10-17)36(32,33)29-22(18-7-5-4-6-8-18)23(28-20-13-11-19(27)12-14-20)26(29,24(30)34-2)25(31)35-3/h4-16,22H,1-3H3. The second kappa shape index (κ2) is 9.96. The van der Waals surface area contributed by atoms with Crippen molar-refractivity contribution in [2.75, 3.05) is 14.2 Å². The minimum absolute atomic E-state index is 0.0228. The number of rotatable bonds is 6. The summed E-state index contributed by atoms with van der Waals surface area (Å²) in [5.41, 5.74) is -0.695. The molecule has 1 saturated heterocycles. The van der Waals surface area contributed by atoms with E-state index in [-0.39, 0.29) is 10.6 Å². The molecule has 0 bridgehead atoms. The van der Waals surface area contributed by atoms with Crippen molar-refractivity contribution in [3.8, 4) is 0 Å². The zero-order chi connectivity index (χ0) is 26.1. The van der Waals surface area contributed by atoms with Crippen LogP contribution in [0.15, 0.2) is 93.2 Å². The first kappa shape index (κ1) is 25.7. The largest absolute Gasteiger partial charge is 0.467 e. The number of nitrogens with zero attached hydrogens (tertiary/aromatic N) is 2. The molecule has 0 N–H and O–H groups in total. The molecule has 1 heterocycles. The van der Waals surface area contributed by atoms with Gasteiger partial charge in [-0.25, -0.2) is 18.0 Å². The fourth-order valence-corrected chi connectivity index (χ4v) is 6.26. The third-order valence-electron chi connectivity index (χ3n) is 5.93.